The molecule has 1 aromatic rings. The van der Waals surface area contributed by atoms with Gasteiger partial charge in [0.25, 0.3) is 0 Å². The highest BCUT2D eigenvalue weighted by Crippen LogP contribution is 2.34. The van der Waals surface area contributed by atoms with Gasteiger partial charge < -0.3 is 10.3 Å². The predicted octanol–water partition coefficient (Wildman–Crippen LogP) is 2.01. The van der Waals surface area contributed by atoms with Gasteiger partial charge in [0.1, 0.15) is 0 Å². The van der Waals surface area contributed by atoms with Crippen molar-refractivity contribution in [2.75, 3.05) is 6.54 Å². The van der Waals surface area contributed by atoms with Crippen molar-refractivity contribution >= 4 is 0 Å². The lowest BCUT2D eigenvalue weighted by Crippen LogP contribution is -2.10. The molecule has 0 radical (unpaired) electrons. The molecule has 2 rings (SSSR count). The molecular weight excluding hydrogens is 190 g/mol. The Bertz CT molecular complexity index is 294. The summed E-state index contributed by atoms with van der Waals surface area (Å²) in [6.45, 7) is 0.775. The highest BCUT2D eigenvalue weighted by Gasteiger charge is 2.24. The van der Waals surface area contributed by atoms with Crippen LogP contribution < -0.4 is 5.73 Å². The Morgan fingerprint density at radius 2 is 2.13 bits per heavy atom. The minimum absolute atomic E-state index is 0.576. The van der Waals surface area contributed by atoms with Crippen molar-refractivity contribution in [3.8, 4) is 0 Å². The van der Waals surface area contributed by atoms with Gasteiger partial charge in [-0.15, -0.1) is 0 Å². The van der Waals surface area contributed by atoms with Gasteiger partial charge in [0, 0.05) is 12.3 Å². The number of hydrogen-bond donors (Lipinski definition) is 1. The summed E-state index contributed by atoms with van der Waals surface area (Å²) < 4.78 is 5.21. The summed E-state index contributed by atoms with van der Waals surface area (Å²) >= 11 is 0. The van der Waals surface area contributed by atoms with Crippen LogP contribution in [-0.4, -0.2) is 16.7 Å². The molecule has 4 nitrogen and oxygen atoms in total. The molecule has 84 valence electrons. The first-order valence-corrected chi connectivity index (χ1v) is 5.92. The van der Waals surface area contributed by atoms with Gasteiger partial charge in [-0.3, -0.25) is 0 Å². The zero-order valence-corrected chi connectivity index (χ0v) is 9.11. The maximum atomic E-state index is 5.43. The maximum Gasteiger partial charge on any atom is 0.226 e. The molecule has 1 saturated carbocycles. The van der Waals surface area contributed by atoms with Gasteiger partial charge >= 0.3 is 0 Å². The third kappa shape index (κ3) is 2.78. The minimum Gasteiger partial charge on any atom is -0.339 e. The summed E-state index contributed by atoms with van der Waals surface area (Å²) in [5.41, 5.74) is 5.43. The van der Waals surface area contributed by atoms with Gasteiger partial charge in [-0.1, -0.05) is 18.0 Å². The first-order valence-electron chi connectivity index (χ1n) is 5.92. The van der Waals surface area contributed by atoms with Crippen molar-refractivity contribution in [3.05, 3.63) is 11.7 Å². The summed E-state index contributed by atoms with van der Waals surface area (Å²) in [5, 5.41) is 4.03. The molecule has 1 fully saturated rings. The van der Waals surface area contributed by atoms with E-state index in [0.29, 0.717) is 5.92 Å². The molecule has 0 spiro atoms. The van der Waals surface area contributed by atoms with Crippen LogP contribution in [-0.2, 0) is 6.42 Å². The van der Waals surface area contributed by atoms with E-state index in [-0.39, 0.29) is 0 Å². The molecule has 4 heteroatoms. The zero-order chi connectivity index (χ0) is 10.5. The van der Waals surface area contributed by atoms with E-state index in [1.54, 1.807) is 0 Å². The van der Waals surface area contributed by atoms with Gasteiger partial charge in [0.15, 0.2) is 5.82 Å². The largest absolute Gasteiger partial charge is 0.339 e. The average molecular weight is 209 g/mol. The third-order valence-corrected chi connectivity index (χ3v) is 3.05. The molecule has 1 aliphatic carbocycles. The van der Waals surface area contributed by atoms with E-state index >= 15 is 0 Å². The fourth-order valence-corrected chi connectivity index (χ4v) is 1.80. The average Bonchev–Trinajstić information content (AvgIpc) is 2.58. The van der Waals surface area contributed by atoms with Crippen LogP contribution in [0.4, 0.5) is 0 Å². The topological polar surface area (TPSA) is 64.9 Å². The quantitative estimate of drug-likeness (QED) is 0.728. The number of hydrogen-bond acceptors (Lipinski definition) is 4. The van der Waals surface area contributed by atoms with E-state index in [1.165, 1.54) is 19.3 Å². The molecular formula is C11H19N3O. The summed E-state index contributed by atoms with van der Waals surface area (Å²) in [6.07, 6.45) is 8.01. The van der Waals surface area contributed by atoms with Crippen LogP contribution in [0.3, 0.4) is 0 Å². The Hall–Kier alpha value is -0.900. The van der Waals surface area contributed by atoms with Crippen LogP contribution in [0, 0.1) is 0 Å². The molecule has 0 atom stereocenters. The molecule has 0 unspecified atom stereocenters. The second kappa shape index (κ2) is 5.26. The normalized spacial score (nSPS) is 16.6. The zero-order valence-electron chi connectivity index (χ0n) is 9.11. The lowest BCUT2D eigenvalue weighted by Gasteiger charge is -2.20. The molecule has 0 saturated heterocycles. The number of aromatic nitrogens is 2. The van der Waals surface area contributed by atoms with Gasteiger partial charge in [0.05, 0.1) is 0 Å². The molecule has 1 aromatic heterocycles. The second-order valence-electron chi connectivity index (χ2n) is 4.27. The van der Waals surface area contributed by atoms with Gasteiger partial charge in [0.2, 0.25) is 5.89 Å². The predicted molar refractivity (Wildman–Crippen MR) is 57.5 cm³/mol. The second-order valence-corrected chi connectivity index (χ2v) is 4.27. The third-order valence-electron chi connectivity index (χ3n) is 3.05. The van der Waals surface area contributed by atoms with E-state index in [1.807, 2.05) is 0 Å². The van der Waals surface area contributed by atoms with Crippen molar-refractivity contribution in [2.45, 2.75) is 50.9 Å². The SMILES string of the molecule is NCCCCCc1nc(C2CCC2)no1. The molecule has 0 aromatic carbocycles. The number of rotatable bonds is 6. The number of aryl methyl sites for hydroxylation is 1. The number of nitrogens with zero attached hydrogens (tertiary/aromatic N) is 2. The van der Waals surface area contributed by atoms with Gasteiger partial charge in [-0.25, -0.2) is 0 Å². The summed E-state index contributed by atoms with van der Waals surface area (Å²) in [4.78, 5) is 4.42. The first-order chi connectivity index (χ1) is 7.40. The van der Waals surface area contributed by atoms with Crippen molar-refractivity contribution < 1.29 is 4.52 Å². The molecule has 1 heterocycles. The van der Waals surface area contributed by atoms with Crippen LogP contribution in [0.1, 0.15) is 56.2 Å². The first kappa shape index (κ1) is 10.6. The fourth-order valence-electron chi connectivity index (χ4n) is 1.80. The van der Waals surface area contributed by atoms with Crippen molar-refractivity contribution in [3.63, 3.8) is 0 Å². The fraction of sp³-hybridized carbons (Fsp3) is 0.818. The molecule has 0 aliphatic heterocycles. The lowest BCUT2D eigenvalue weighted by molar-refractivity contribution is 0.345. The maximum absolute atomic E-state index is 5.43. The lowest BCUT2D eigenvalue weighted by atomic mass is 9.85. The van der Waals surface area contributed by atoms with E-state index < -0.39 is 0 Å². The Morgan fingerprint density at radius 1 is 1.27 bits per heavy atom. The van der Waals surface area contributed by atoms with Crippen LogP contribution in [0.25, 0.3) is 0 Å². The van der Waals surface area contributed by atoms with Gasteiger partial charge in [-0.05, 0) is 32.2 Å². The summed E-state index contributed by atoms with van der Waals surface area (Å²) in [5.74, 6) is 2.30. The van der Waals surface area contributed by atoms with Crippen LogP contribution in [0.2, 0.25) is 0 Å². The van der Waals surface area contributed by atoms with E-state index in [9.17, 15) is 0 Å². The standard InChI is InChI=1S/C11H19N3O/c12-8-3-1-2-7-10-13-11(14-15-10)9-5-4-6-9/h9H,1-8,12H2. The van der Waals surface area contributed by atoms with Crippen molar-refractivity contribution in [1.29, 1.82) is 0 Å². The van der Waals surface area contributed by atoms with Crippen LogP contribution in [0.15, 0.2) is 4.52 Å². The van der Waals surface area contributed by atoms with E-state index in [2.05, 4.69) is 10.1 Å². The summed E-state index contributed by atoms with van der Waals surface area (Å²) in [6, 6.07) is 0. The Kier molecular flexibility index (Phi) is 3.72. The monoisotopic (exact) mass is 209 g/mol. The molecule has 15 heavy (non-hydrogen) atoms. The highest BCUT2D eigenvalue weighted by molar-refractivity contribution is 4.99. The van der Waals surface area contributed by atoms with Crippen molar-refractivity contribution in [1.82, 2.24) is 10.1 Å². The van der Waals surface area contributed by atoms with E-state index in [0.717, 1.165) is 43.9 Å². The van der Waals surface area contributed by atoms with Crippen LogP contribution in [0.5, 0.6) is 0 Å². The highest BCUT2D eigenvalue weighted by atomic mass is 16.5. The number of nitrogens with two attached hydrogens (primary N) is 1. The molecule has 0 amide bonds. The Balaban J connectivity index is 1.74. The molecule has 0 bridgehead atoms. The minimum atomic E-state index is 0.576. The van der Waals surface area contributed by atoms with E-state index in [4.69, 9.17) is 10.3 Å². The summed E-state index contributed by atoms with van der Waals surface area (Å²) in [7, 11) is 0. The van der Waals surface area contributed by atoms with Crippen molar-refractivity contribution in [2.24, 2.45) is 5.73 Å². The number of unbranched alkanes of at least 4 members (excludes halogenated alkanes) is 2. The van der Waals surface area contributed by atoms with Crippen LogP contribution >= 0.6 is 0 Å². The molecule has 1 aliphatic rings. The smallest absolute Gasteiger partial charge is 0.226 e. The van der Waals surface area contributed by atoms with Gasteiger partial charge in [-0.2, -0.15) is 4.98 Å². The molecule has 2 N–H and O–H groups in total. The Morgan fingerprint density at radius 3 is 2.80 bits per heavy atom. The Labute approximate surface area is 90.2 Å².